The highest BCUT2D eigenvalue weighted by Crippen LogP contribution is 2.39. The maximum absolute atomic E-state index is 13.9. The van der Waals surface area contributed by atoms with Gasteiger partial charge in [-0.2, -0.15) is 8.78 Å². The monoisotopic (exact) mass is 752 g/mol. The molecule has 1 saturated carbocycles. The van der Waals surface area contributed by atoms with Crippen LogP contribution in [0.1, 0.15) is 58.7 Å². The lowest BCUT2D eigenvalue weighted by Gasteiger charge is -2.22. The van der Waals surface area contributed by atoms with Crippen molar-refractivity contribution in [2.75, 3.05) is 27.8 Å². The molecule has 0 unspecified atom stereocenters. The van der Waals surface area contributed by atoms with Crippen LogP contribution < -0.4 is 14.2 Å². The molecule has 0 N–H and O–H groups in total. The van der Waals surface area contributed by atoms with Crippen LogP contribution in [0.25, 0.3) is 0 Å². The molecule has 0 aliphatic heterocycles. The third-order valence-corrected chi connectivity index (χ3v) is 10.2. The minimum atomic E-state index is -4.46. The molecule has 1 aliphatic carbocycles. The molecule has 2 aromatic carbocycles. The maximum Gasteiger partial charge on any atom is 0.387 e. The van der Waals surface area contributed by atoms with E-state index in [4.69, 9.17) is 37.4 Å². The molecular formula is C35H36Cl2F2N2O8S. The van der Waals surface area contributed by atoms with Gasteiger partial charge in [-0.3, -0.25) is 4.79 Å². The van der Waals surface area contributed by atoms with Crippen LogP contribution in [0.15, 0.2) is 94.0 Å². The van der Waals surface area contributed by atoms with E-state index in [9.17, 15) is 26.8 Å². The predicted molar refractivity (Wildman–Crippen MR) is 185 cm³/mol. The summed E-state index contributed by atoms with van der Waals surface area (Å²) in [7, 11) is -0.0997. The molecule has 0 saturated heterocycles. The van der Waals surface area contributed by atoms with Crippen molar-refractivity contribution >= 4 is 45.1 Å². The standard InChI is InChI=1S/C35H36Cl2F2N2O8S/c1-6-26(36)24(27(37)7-2)19-31(22-12-14-30(49-35(38)39)32(17-22)47-20-21-10-11-21)48-34(43)28-9-8-16-41(28)50(44,45)23-13-15-29(46-5)25(18-23)33(42)40(3)4/h6-9,12-18,21,31,35H,1,10-11,19-20H2,2-5H3/b26-24+,27-7+/t31-/m0/s1. The van der Waals surface area contributed by atoms with Crippen molar-refractivity contribution < 1.29 is 45.7 Å². The van der Waals surface area contributed by atoms with E-state index in [0.717, 1.165) is 29.1 Å². The van der Waals surface area contributed by atoms with Crippen molar-refractivity contribution in [1.82, 2.24) is 8.87 Å². The number of allylic oxidation sites excluding steroid dienone is 4. The highest BCUT2D eigenvalue weighted by molar-refractivity contribution is 7.90. The van der Waals surface area contributed by atoms with Gasteiger partial charge in [-0.05, 0) is 79.3 Å². The lowest BCUT2D eigenvalue weighted by molar-refractivity contribution is -0.0515. The van der Waals surface area contributed by atoms with Crippen LogP contribution in [0.2, 0.25) is 0 Å². The number of hydrogen-bond acceptors (Lipinski definition) is 8. The zero-order valence-corrected chi connectivity index (χ0v) is 30.0. The average molecular weight is 754 g/mol. The van der Waals surface area contributed by atoms with Gasteiger partial charge in [0.1, 0.15) is 17.5 Å². The summed E-state index contributed by atoms with van der Waals surface area (Å²) >= 11 is 12.9. The molecule has 1 heterocycles. The van der Waals surface area contributed by atoms with Crippen molar-refractivity contribution in [2.24, 2.45) is 5.92 Å². The van der Waals surface area contributed by atoms with Crippen molar-refractivity contribution in [3.05, 3.63) is 106 Å². The van der Waals surface area contributed by atoms with E-state index in [0.29, 0.717) is 11.1 Å². The van der Waals surface area contributed by atoms with Crippen molar-refractivity contribution in [2.45, 2.75) is 43.8 Å². The SMILES string of the molecule is C=C/C(Cl)=C(C[C@H](OC(=O)c1cccn1S(=O)(=O)c1ccc(OC)c(C(=O)N(C)C)c1)c1ccc(OC(F)F)c(OCC2CC2)c1)\C(Cl)=C/C. The molecule has 4 rings (SSSR count). The van der Waals surface area contributed by atoms with Gasteiger partial charge in [0.2, 0.25) is 0 Å². The van der Waals surface area contributed by atoms with Crippen LogP contribution >= 0.6 is 23.2 Å². The number of aromatic nitrogens is 1. The number of methoxy groups -OCH3 is 1. The summed E-state index contributed by atoms with van der Waals surface area (Å²) in [6, 6.07) is 10.4. The predicted octanol–water partition coefficient (Wildman–Crippen LogP) is 7.94. The van der Waals surface area contributed by atoms with E-state index in [2.05, 4.69) is 11.3 Å². The lowest BCUT2D eigenvalue weighted by atomic mass is 9.99. The second-order valence-corrected chi connectivity index (χ2v) is 14.0. The Bertz CT molecular complexity index is 1920. The summed E-state index contributed by atoms with van der Waals surface area (Å²) in [4.78, 5) is 27.7. The minimum Gasteiger partial charge on any atom is -0.496 e. The van der Waals surface area contributed by atoms with Gasteiger partial charge in [-0.1, -0.05) is 48.0 Å². The molecule has 1 fully saturated rings. The third-order valence-electron chi connectivity index (χ3n) is 7.66. The molecule has 1 aromatic heterocycles. The second-order valence-electron chi connectivity index (χ2n) is 11.4. The van der Waals surface area contributed by atoms with E-state index in [1.807, 2.05) is 0 Å². The summed E-state index contributed by atoms with van der Waals surface area (Å²) in [5, 5.41) is 0.387. The molecule has 268 valence electrons. The zero-order chi connectivity index (χ0) is 36.7. The Morgan fingerprint density at radius 2 is 1.78 bits per heavy atom. The smallest absolute Gasteiger partial charge is 0.387 e. The first-order valence-corrected chi connectivity index (χ1v) is 17.5. The second kappa shape index (κ2) is 16.6. The Morgan fingerprint density at radius 1 is 1.08 bits per heavy atom. The van der Waals surface area contributed by atoms with E-state index in [1.165, 1.54) is 74.6 Å². The van der Waals surface area contributed by atoms with Crippen LogP contribution in [0, 0.1) is 5.92 Å². The highest BCUT2D eigenvalue weighted by atomic mass is 35.5. The quantitative estimate of drug-likeness (QED) is 0.107. The summed E-state index contributed by atoms with van der Waals surface area (Å²) in [6.07, 6.45) is 4.65. The fraction of sp³-hybridized carbons (Fsp3) is 0.314. The number of ether oxygens (including phenoxy) is 4. The summed E-state index contributed by atoms with van der Waals surface area (Å²) in [6.45, 7) is 2.51. The Kier molecular flexibility index (Phi) is 12.8. The third kappa shape index (κ3) is 9.06. The summed E-state index contributed by atoms with van der Waals surface area (Å²) in [5.74, 6) is -1.33. The van der Waals surface area contributed by atoms with Gasteiger partial charge in [-0.25, -0.2) is 17.2 Å². The number of benzene rings is 2. The number of esters is 1. The van der Waals surface area contributed by atoms with Crippen molar-refractivity contribution in [1.29, 1.82) is 0 Å². The first-order chi connectivity index (χ1) is 23.7. The van der Waals surface area contributed by atoms with Crippen LogP contribution in [0.3, 0.4) is 0 Å². The Labute approximate surface area is 299 Å². The van der Waals surface area contributed by atoms with Crippen molar-refractivity contribution in [3.8, 4) is 17.2 Å². The molecular weight excluding hydrogens is 717 g/mol. The summed E-state index contributed by atoms with van der Waals surface area (Å²) in [5.41, 5.74) is 0.261. The number of rotatable bonds is 16. The van der Waals surface area contributed by atoms with Gasteiger partial charge in [-0.15, -0.1) is 0 Å². The first-order valence-electron chi connectivity index (χ1n) is 15.3. The fourth-order valence-corrected chi connectivity index (χ4v) is 6.60. The normalized spacial score (nSPS) is 14.5. The van der Waals surface area contributed by atoms with Gasteiger partial charge >= 0.3 is 12.6 Å². The molecule has 0 spiro atoms. The molecule has 3 aromatic rings. The summed E-state index contributed by atoms with van der Waals surface area (Å²) < 4.78 is 76.7. The number of amides is 1. The van der Waals surface area contributed by atoms with Gasteiger partial charge in [0.15, 0.2) is 11.5 Å². The molecule has 1 amide bonds. The Morgan fingerprint density at radius 3 is 2.38 bits per heavy atom. The number of hydrogen-bond donors (Lipinski definition) is 0. The fourth-order valence-electron chi connectivity index (χ4n) is 4.84. The first kappa shape index (κ1) is 38.5. The molecule has 0 bridgehead atoms. The Hall–Kier alpha value is -4.33. The van der Waals surface area contributed by atoms with Crippen molar-refractivity contribution in [3.63, 3.8) is 0 Å². The zero-order valence-electron chi connectivity index (χ0n) is 27.7. The molecule has 50 heavy (non-hydrogen) atoms. The van der Waals surface area contributed by atoms with Gasteiger partial charge < -0.3 is 23.8 Å². The molecule has 0 radical (unpaired) electrons. The number of carbonyl (C=O) groups is 2. The van der Waals surface area contributed by atoms with Crippen LogP contribution in [-0.4, -0.2) is 63.6 Å². The van der Waals surface area contributed by atoms with E-state index >= 15 is 0 Å². The van der Waals surface area contributed by atoms with Crippen LogP contribution in [0.5, 0.6) is 17.2 Å². The van der Waals surface area contributed by atoms with Gasteiger partial charge in [0.05, 0.1) is 24.2 Å². The number of nitrogens with zero attached hydrogens (tertiary/aromatic N) is 2. The number of halogens is 4. The molecule has 15 heteroatoms. The average Bonchev–Trinajstić information content (AvgIpc) is 3.79. The van der Waals surface area contributed by atoms with Gasteiger partial charge in [0, 0.05) is 36.8 Å². The van der Waals surface area contributed by atoms with Crippen LogP contribution in [-0.2, 0) is 14.8 Å². The maximum atomic E-state index is 13.9. The highest BCUT2D eigenvalue weighted by Gasteiger charge is 2.30. The van der Waals surface area contributed by atoms with E-state index in [1.54, 1.807) is 13.0 Å². The van der Waals surface area contributed by atoms with E-state index in [-0.39, 0.29) is 62.4 Å². The molecule has 1 aliphatic rings. The van der Waals surface area contributed by atoms with Gasteiger partial charge in [0.25, 0.3) is 15.9 Å². The Balaban J connectivity index is 1.77. The topological polar surface area (TPSA) is 113 Å². The largest absolute Gasteiger partial charge is 0.496 e. The van der Waals surface area contributed by atoms with E-state index < -0.39 is 34.6 Å². The number of carbonyl (C=O) groups excluding carboxylic acids is 2. The molecule has 1 atom stereocenters. The molecule has 10 nitrogen and oxygen atoms in total. The minimum absolute atomic E-state index is 0.00163. The lowest BCUT2D eigenvalue weighted by Crippen LogP contribution is -2.24. The number of alkyl halides is 2. The van der Waals surface area contributed by atoms with Crippen LogP contribution in [0.4, 0.5) is 8.78 Å².